The summed E-state index contributed by atoms with van der Waals surface area (Å²) in [6, 6.07) is 7.07. The second kappa shape index (κ2) is 6.99. The molecule has 0 spiro atoms. The molecular formula is C15H25ClN2O2S. The van der Waals surface area contributed by atoms with Crippen LogP contribution < -0.4 is 5.32 Å². The standard InChI is InChI=1S/C15H25ClN2O2S/c1-15(2,3)14(10-11-16)17-12-8-6-7-9-13(12)21(19,20)18(4)5/h6-9,14,17H,10-11H2,1-5H3. The van der Waals surface area contributed by atoms with Crippen LogP contribution in [0.4, 0.5) is 5.69 Å². The normalized spacial score (nSPS) is 14.2. The van der Waals surface area contributed by atoms with Gasteiger partial charge in [0.05, 0.1) is 5.69 Å². The van der Waals surface area contributed by atoms with Crippen molar-refractivity contribution in [2.45, 2.75) is 38.1 Å². The maximum Gasteiger partial charge on any atom is 0.244 e. The third-order valence-corrected chi connectivity index (χ3v) is 5.51. The van der Waals surface area contributed by atoms with Crippen LogP contribution in [0.15, 0.2) is 29.2 Å². The Balaban J connectivity index is 3.21. The Hall–Kier alpha value is -0.780. The van der Waals surface area contributed by atoms with Crippen LogP contribution in [0.5, 0.6) is 0 Å². The zero-order chi connectivity index (χ0) is 16.3. The average molecular weight is 333 g/mol. The van der Waals surface area contributed by atoms with Crippen LogP contribution in [0.25, 0.3) is 0 Å². The first-order valence-electron chi connectivity index (χ1n) is 6.94. The van der Waals surface area contributed by atoms with Gasteiger partial charge in [0.1, 0.15) is 4.90 Å². The molecule has 0 saturated heterocycles. The molecule has 0 heterocycles. The van der Waals surface area contributed by atoms with Crippen molar-refractivity contribution in [1.82, 2.24) is 4.31 Å². The zero-order valence-corrected chi connectivity index (χ0v) is 14.9. The Morgan fingerprint density at radius 2 is 1.81 bits per heavy atom. The number of anilines is 1. The summed E-state index contributed by atoms with van der Waals surface area (Å²) in [5.41, 5.74) is 0.598. The lowest BCUT2D eigenvalue weighted by atomic mass is 9.85. The molecule has 0 aliphatic heterocycles. The smallest absolute Gasteiger partial charge is 0.244 e. The van der Waals surface area contributed by atoms with Crippen molar-refractivity contribution in [3.05, 3.63) is 24.3 Å². The van der Waals surface area contributed by atoms with Gasteiger partial charge in [-0.05, 0) is 24.0 Å². The third-order valence-electron chi connectivity index (χ3n) is 3.42. The second-order valence-electron chi connectivity index (χ2n) is 6.32. The summed E-state index contributed by atoms with van der Waals surface area (Å²) in [5, 5.41) is 3.36. The topological polar surface area (TPSA) is 49.4 Å². The molecule has 1 atom stereocenters. The van der Waals surface area contributed by atoms with Crippen LogP contribution in [0.2, 0.25) is 0 Å². The molecule has 0 aliphatic rings. The molecule has 0 radical (unpaired) electrons. The number of hydrogen-bond acceptors (Lipinski definition) is 3. The molecular weight excluding hydrogens is 308 g/mol. The van der Waals surface area contributed by atoms with E-state index in [0.29, 0.717) is 16.5 Å². The maximum atomic E-state index is 12.4. The summed E-state index contributed by atoms with van der Waals surface area (Å²) in [5.74, 6) is 0.525. The Labute approximate surface area is 133 Å². The van der Waals surface area contributed by atoms with E-state index in [4.69, 9.17) is 11.6 Å². The first-order chi connectivity index (χ1) is 9.60. The SMILES string of the molecule is CN(C)S(=O)(=O)c1ccccc1NC(CCCl)C(C)(C)C. The molecule has 0 aromatic heterocycles. The van der Waals surface area contributed by atoms with Crippen LogP contribution in [0, 0.1) is 5.41 Å². The molecule has 0 aliphatic carbocycles. The number of alkyl halides is 1. The van der Waals surface area contributed by atoms with Crippen molar-refractivity contribution in [2.75, 3.05) is 25.3 Å². The van der Waals surface area contributed by atoms with Crippen molar-refractivity contribution in [3.63, 3.8) is 0 Å². The summed E-state index contributed by atoms with van der Waals surface area (Å²) in [6.07, 6.45) is 0.765. The quantitative estimate of drug-likeness (QED) is 0.812. The molecule has 0 saturated carbocycles. The number of nitrogens with zero attached hydrogens (tertiary/aromatic N) is 1. The summed E-state index contributed by atoms with van der Waals surface area (Å²) in [6.45, 7) is 6.33. The molecule has 6 heteroatoms. The second-order valence-corrected chi connectivity index (χ2v) is 8.82. The summed E-state index contributed by atoms with van der Waals surface area (Å²) in [4.78, 5) is 0.291. The highest BCUT2D eigenvalue weighted by atomic mass is 35.5. The lowest BCUT2D eigenvalue weighted by molar-refractivity contribution is 0.334. The van der Waals surface area contributed by atoms with Crippen molar-refractivity contribution >= 4 is 27.3 Å². The third kappa shape index (κ3) is 4.59. The number of hydrogen-bond donors (Lipinski definition) is 1. The zero-order valence-electron chi connectivity index (χ0n) is 13.4. The first-order valence-corrected chi connectivity index (χ1v) is 8.92. The highest BCUT2D eigenvalue weighted by Crippen LogP contribution is 2.30. The molecule has 0 bridgehead atoms. The minimum atomic E-state index is -3.48. The molecule has 1 aromatic rings. The average Bonchev–Trinajstić information content (AvgIpc) is 2.37. The van der Waals surface area contributed by atoms with Gasteiger partial charge in [-0.15, -0.1) is 11.6 Å². The van der Waals surface area contributed by atoms with Crippen molar-refractivity contribution in [1.29, 1.82) is 0 Å². The van der Waals surface area contributed by atoms with Gasteiger partial charge in [0.25, 0.3) is 0 Å². The molecule has 120 valence electrons. The van der Waals surface area contributed by atoms with Crippen LogP contribution in [0.3, 0.4) is 0 Å². The first kappa shape index (κ1) is 18.3. The molecule has 21 heavy (non-hydrogen) atoms. The van der Waals surface area contributed by atoms with Gasteiger partial charge in [-0.25, -0.2) is 12.7 Å². The molecule has 1 unspecified atom stereocenters. The number of para-hydroxylation sites is 1. The van der Waals surface area contributed by atoms with Gasteiger partial charge in [0.2, 0.25) is 10.0 Å². The van der Waals surface area contributed by atoms with E-state index >= 15 is 0 Å². The Morgan fingerprint density at radius 3 is 2.29 bits per heavy atom. The molecule has 0 fully saturated rings. The Morgan fingerprint density at radius 1 is 1.24 bits per heavy atom. The van der Waals surface area contributed by atoms with Gasteiger partial charge in [-0.3, -0.25) is 0 Å². The minimum absolute atomic E-state index is 0.0239. The van der Waals surface area contributed by atoms with E-state index in [1.807, 2.05) is 6.07 Å². The Bertz CT molecular complexity index is 565. The highest BCUT2D eigenvalue weighted by Gasteiger charge is 2.27. The molecule has 1 aromatic carbocycles. The lowest BCUT2D eigenvalue weighted by Gasteiger charge is -2.32. The van der Waals surface area contributed by atoms with Gasteiger partial charge in [-0.1, -0.05) is 32.9 Å². The van der Waals surface area contributed by atoms with Gasteiger partial charge >= 0.3 is 0 Å². The fraction of sp³-hybridized carbons (Fsp3) is 0.600. The number of rotatable bonds is 6. The van der Waals surface area contributed by atoms with Crippen molar-refractivity contribution in [3.8, 4) is 0 Å². The summed E-state index contributed by atoms with van der Waals surface area (Å²) >= 11 is 5.88. The predicted molar refractivity (Wildman–Crippen MR) is 89.5 cm³/mol. The lowest BCUT2D eigenvalue weighted by Crippen LogP contribution is -2.35. The number of nitrogens with one attached hydrogen (secondary N) is 1. The minimum Gasteiger partial charge on any atom is -0.381 e. The maximum absolute atomic E-state index is 12.4. The van der Waals surface area contributed by atoms with Gasteiger partial charge in [0, 0.05) is 26.0 Å². The van der Waals surface area contributed by atoms with Crippen LogP contribution in [-0.4, -0.2) is 38.7 Å². The summed E-state index contributed by atoms with van der Waals surface area (Å²) < 4.78 is 26.0. The fourth-order valence-electron chi connectivity index (χ4n) is 2.03. The van der Waals surface area contributed by atoms with Crippen molar-refractivity contribution in [2.24, 2.45) is 5.41 Å². The van der Waals surface area contributed by atoms with E-state index in [9.17, 15) is 8.42 Å². The van der Waals surface area contributed by atoms with E-state index in [1.54, 1.807) is 18.2 Å². The van der Waals surface area contributed by atoms with E-state index in [0.717, 1.165) is 6.42 Å². The van der Waals surface area contributed by atoms with E-state index in [2.05, 4.69) is 26.1 Å². The van der Waals surface area contributed by atoms with Crippen LogP contribution in [-0.2, 0) is 10.0 Å². The highest BCUT2D eigenvalue weighted by molar-refractivity contribution is 7.89. The van der Waals surface area contributed by atoms with Crippen LogP contribution >= 0.6 is 11.6 Å². The van der Waals surface area contributed by atoms with Crippen LogP contribution in [0.1, 0.15) is 27.2 Å². The molecule has 4 nitrogen and oxygen atoms in total. The van der Waals surface area contributed by atoms with E-state index in [1.165, 1.54) is 18.4 Å². The Kier molecular flexibility index (Phi) is 6.08. The van der Waals surface area contributed by atoms with E-state index in [-0.39, 0.29) is 11.5 Å². The number of benzene rings is 1. The van der Waals surface area contributed by atoms with E-state index < -0.39 is 10.0 Å². The fourth-order valence-corrected chi connectivity index (χ4v) is 3.29. The summed E-state index contributed by atoms with van der Waals surface area (Å²) in [7, 11) is -0.408. The number of sulfonamides is 1. The monoisotopic (exact) mass is 332 g/mol. The van der Waals surface area contributed by atoms with Crippen molar-refractivity contribution < 1.29 is 8.42 Å². The molecule has 1 rings (SSSR count). The van der Waals surface area contributed by atoms with Gasteiger partial charge in [-0.2, -0.15) is 0 Å². The molecule has 0 amide bonds. The molecule has 1 N–H and O–H groups in total. The largest absolute Gasteiger partial charge is 0.381 e. The van der Waals surface area contributed by atoms with Gasteiger partial charge in [0.15, 0.2) is 0 Å². The predicted octanol–water partition coefficient (Wildman–Crippen LogP) is 3.39. The van der Waals surface area contributed by atoms with Gasteiger partial charge < -0.3 is 5.32 Å². The number of halogens is 1.